The maximum atomic E-state index is 13.2. The smallest absolute Gasteiger partial charge is 0.254 e. The molecule has 3 aromatic carbocycles. The Morgan fingerprint density at radius 1 is 0.946 bits per heavy atom. The number of amides is 1. The quantitative estimate of drug-likeness (QED) is 0.376. The lowest BCUT2D eigenvalue weighted by Crippen LogP contribution is -2.47. The van der Waals surface area contributed by atoms with Crippen LogP contribution in [0.2, 0.25) is 0 Å². The molecule has 5 heteroatoms. The lowest BCUT2D eigenvalue weighted by molar-refractivity contribution is 0.0762. The summed E-state index contributed by atoms with van der Waals surface area (Å²) in [5, 5.41) is 10.4. The molecule has 0 atom stereocenters. The summed E-state index contributed by atoms with van der Waals surface area (Å²) in [4.78, 5) is 19.9. The molecule has 2 fully saturated rings. The van der Waals surface area contributed by atoms with E-state index in [0.29, 0.717) is 24.1 Å². The minimum atomic E-state index is -0.0222. The number of nitrogens with zero attached hydrogens (tertiary/aromatic N) is 3. The van der Waals surface area contributed by atoms with E-state index in [1.807, 2.05) is 11.0 Å². The maximum Gasteiger partial charge on any atom is 0.254 e. The number of hydrogen-bond acceptors (Lipinski definition) is 4. The maximum absolute atomic E-state index is 13.2. The van der Waals surface area contributed by atoms with Crippen LogP contribution in [0.25, 0.3) is 0 Å². The molecular weight excluding hydrogens is 458 g/mol. The van der Waals surface area contributed by atoms with Gasteiger partial charge in [-0.05, 0) is 49.1 Å². The molecular formula is C32H37N3O2. The minimum Gasteiger partial charge on any atom is -0.508 e. The molecule has 0 spiro atoms. The van der Waals surface area contributed by atoms with Crippen molar-refractivity contribution >= 4 is 11.6 Å². The molecule has 2 aliphatic rings. The van der Waals surface area contributed by atoms with Gasteiger partial charge in [0.25, 0.3) is 5.91 Å². The monoisotopic (exact) mass is 495 g/mol. The van der Waals surface area contributed by atoms with Crippen molar-refractivity contribution in [2.45, 2.75) is 31.2 Å². The molecule has 1 N–H and O–H groups in total. The molecule has 5 nitrogen and oxygen atoms in total. The lowest BCUT2D eigenvalue weighted by atomic mass is 9.88. The summed E-state index contributed by atoms with van der Waals surface area (Å²) in [6, 6.07) is 27.2. The summed E-state index contributed by atoms with van der Waals surface area (Å²) in [6.45, 7) is 9.04. The van der Waals surface area contributed by atoms with Gasteiger partial charge >= 0.3 is 0 Å². The highest BCUT2D eigenvalue weighted by atomic mass is 16.3. The van der Waals surface area contributed by atoms with Crippen molar-refractivity contribution in [3.8, 4) is 5.75 Å². The molecule has 1 aliphatic heterocycles. The number of carbonyl (C=O) groups is 1. The number of piperazine rings is 1. The predicted octanol–water partition coefficient (Wildman–Crippen LogP) is 5.53. The van der Waals surface area contributed by atoms with E-state index in [4.69, 9.17) is 0 Å². The lowest BCUT2D eigenvalue weighted by Gasteiger charge is -2.37. The first-order valence-corrected chi connectivity index (χ1v) is 13.5. The number of carbonyl (C=O) groups excluding carboxylic acids is 1. The standard InChI is InChI=1S/C32H37N3O2/c1-2-16-35(28-13-14-28)32(37)27-22-29(24-30(36)23-27)34-20-18-33(19-21-34)17-15-31(25-9-5-3-6-10-25)26-11-7-4-8-12-26/h2-12,22-24,28,31,36H,1,13-21H2. The van der Waals surface area contributed by atoms with Crippen LogP contribution < -0.4 is 4.90 Å². The van der Waals surface area contributed by atoms with Crippen molar-refractivity contribution < 1.29 is 9.90 Å². The predicted molar refractivity (Wildman–Crippen MR) is 150 cm³/mol. The van der Waals surface area contributed by atoms with Gasteiger partial charge in [-0.1, -0.05) is 66.7 Å². The highest BCUT2D eigenvalue weighted by molar-refractivity contribution is 5.96. The van der Waals surface area contributed by atoms with Crippen molar-refractivity contribution in [1.29, 1.82) is 0 Å². The minimum absolute atomic E-state index is 0.0222. The Morgan fingerprint density at radius 2 is 1.57 bits per heavy atom. The van der Waals surface area contributed by atoms with Crippen LogP contribution >= 0.6 is 0 Å². The first kappa shape index (κ1) is 25.1. The van der Waals surface area contributed by atoms with E-state index in [1.54, 1.807) is 18.2 Å². The van der Waals surface area contributed by atoms with E-state index in [2.05, 4.69) is 77.0 Å². The van der Waals surface area contributed by atoms with E-state index in [9.17, 15) is 9.90 Å². The number of phenols is 1. The fourth-order valence-electron chi connectivity index (χ4n) is 5.43. The van der Waals surface area contributed by atoms with Crippen LogP contribution in [-0.2, 0) is 0 Å². The third-order valence-corrected chi connectivity index (χ3v) is 7.60. The zero-order chi connectivity index (χ0) is 25.6. The average Bonchev–Trinajstić information content (AvgIpc) is 3.78. The molecule has 1 heterocycles. The van der Waals surface area contributed by atoms with Gasteiger partial charge in [0.1, 0.15) is 5.75 Å². The van der Waals surface area contributed by atoms with Crippen molar-refractivity contribution in [3.63, 3.8) is 0 Å². The molecule has 1 aliphatic carbocycles. The molecule has 37 heavy (non-hydrogen) atoms. The zero-order valence-corrected chi connectivity index (χ0v) is 21.5. The number of benzene rings is 3. The number of hydrogen-bond donors (Lipinski definition) is 1. The Bertz CT molecular complexity index is 1150. The Balaban J connectivity index is 1.21. The van der Waals surface area contributed by atoms with Crippen LogP contribution in [0.4, 0.5) is 5.69 Å². The summed E-state index contributed by atoms with van der Waals surface area (Å²) in [7, 11) is 0. The molecule has 1 saturated carbocycles. The van der Waals surface area contributed by atoms with Crippen LogP contribution in [0, 0.1) is 0 Å². The van der Waals surface area contributed by atoms with Gasteiger partial charge < -0.3 is 14.9 Å². The molecule has 5 rings (SSSR count). The molecule has 0 bridgehead atoms. The zero-order valence-electron chi connectivity index (χ0n) is 21.5. The summed E-state index contributed by atoms with van der Waals surface area (Å²) in [5.74, 6) is 0.502. The molecule has 1 saturated heterocycles. The fourth-order valence-corrected chi connectivity index (χ4v) is 5.43. The van der Waals surface area contributed by atoms with E-state index < -0.39 is 0 Å². The molecule has 192 valence electrons. The number of anilines is 1. The Hall–Kier alpha value is -3.57. The van der Waals surface area contributed by atoms with Gasteiger partial charge in [0.05, 0.1) is 0 Å². The van der Waals surface area contributed by atoms with Gasteiger partial charge in [0.2, 0.25) is 0 Å². The Morgan fingerprint density at radius 3 is 2.14 bits per heavy atom. The van der Waals surface area contributed by atoms with Crippen molar-refractivity contribution in [2.75, 3.05) is 44.2 Å². The normalized spacial score (nSPS) is 16.1. The third kappa shape index (κ3) is 6.23. The second kappa shape index (κ2) is 11.7. The highest BCUT2D eigenvalue weighted by Crippen LogP contribution is 2.31. The van der Waals surface area contributed by atoms with Gasteiger partial charge in [-0.15, -0.1) is 6.58 Å². The Kier molecular flexibility index (Phi) is 7.90. The third-order valence-electron chi connectivity index (χ3n) is 7.60. The summed E-state index contributed by atoms with van der Waals surface area (Å²) in [5.41, 5.74) is 4.20. The molecule has 3 aromatic rings. The number of aromatic hydroxyl groups is 1. The van der Waals surface area contributed by atoms with Crippen LogP contribution in [0.1, 0.15) is 46.7 Å². The van der Waals surface area contributed by atoms with Crippen LogP contribution in [0.3, 0.4) is 0 Å². The molecule has 0 radical (unpaired) electrons. The van der Waals surface area contributed by atoms with Gasteiger partial charge in [-0.3, -0.25) is 9.69 Å². The van der Waals surface area contributed by atoms with Crippen LogP contribution in [-0.4, -0.2) is 66.1 Å². The van der Waals surface area contributed by atoms with Gasteiger partial charge in [-0.25, -0.2) is 0 Å². The first-order valence-electron chi connectivity index (χ1n) is 13.5. The van der Waals surface area contributed by atoms with Crippen molar-refractivity contribution in [2.24, 2.45) is 0 Å². The second-order valence-corrected chi connectivity index (χ2v) is 10.2. The SMILES string of the molecule is C=CCN(C(=O)c1cc(O)cc(N2CCN(CCC(c3ccccc3)c3ccccc3)CC2)c1)C1CC1. The van der Waals surface area contributed by atoms with E-state index in [-0.39, 0.29) is 11.7 Å². The van der Waals surface area contributed by atoms with Gasteiger partial charge in [0, 0.05) is 62.0 Å². The Labute approximate surface area is 220 Å². The molecule has 0 aromatic heterocycles. The first-order chi connectivity index (χ1) is 18.1. The largest absolute Gasteiger partial charge is 0.508 e. The summed E-state index contributed by atoms with van der Waals surface area (Å²) >= 11 is 0. The van der Waals surface area contributed by atoms with Gasteiger partial charge in [0.15, 0.2) is 0 Å². The van der Waals surface area contributed by atoms with E-state index in [1.165, 1.54) is 11.1 Å². The highest BCUT2D eigenvalue weighted by Gasteiger charge is 2.32. The number of phenolic OH excluding ortho intramolecular Hbond substituents is 1. The summed E-state index contributed by atoms with van der Waals surface area (Å²) in [6.07, 6.45) is 4.93. The van der Waals surface area contributed by atoms with Crippen LogP contribution in [0.15, 0.2) is 91.5 Å². The fraction of sp³-hybridized carbons (Fsp3) is 0.344. The van der Waals surface area contributed by atoms with E-state index in [0.717, 1.165) is 57.7 Å². The summed E-state index contributed by atoms with van der Waals surface area (Å²) < 4.78 is 0. The van der Waals surface area contributed by atoms with Gasteiger partial charge in [-0.2, -0.15) is 0 Å². The molecule has 1 amide bonds. The topological polar surface area (TPSA) is 47.0 Å². The van der Waals surface area contributed by atoms with Crippen molar-refractivity contribution in [3.05, 3.63) is 108 Å². The second-order valence-electron chi connectivity index (χ2n) is 10.2. The van der Waals surface area contributed by atoms with E-state index >= 15 is 0 Å². The molecule has 0 unspecified atom stereocenters. The van der Waals surface area contributed by atoms with Crippen LogP contribution in [0.5, 0.6) is 5.75 Å². The number of rotatable bonds is 10. The average molecular weight is 496 g/mol. The van der Waals surface area contributed by atoms with Crippen molar-refractivity contribution in [1.82, 2.24) is 9.80 Å².